The predicted molar refractivity (Wildman–Crippen MR) is 329 cm³/mol. The first-order valence-corrected chi connectivity index (χ1v) is 30.2. The van der Waals surface area contributed by atoms with Crippen LogP contribution in [0.5, 0.6) is 11.5 Å². The molecule has 29 heteroatoms. The Labute approximate surface area is 526 Å². The highest BCUT2D eigenvalue weighted by Crippen LogP contribution is 2.47. The van der Waals surface area contributed by atoms with Gasteiger partial charge in [0.1, 0.15) is 29.7 Å². The third kappa shape index (κ3) is 20.4. The minimum Gasteiger partial charge on any atom is -0.496 e. The first kappa shape index (κ1) is 68.8. The Bertz CT molecular complexity index is 3160. The molecule has 5 heterocycles. The Morgan fingerprint density at radius 3 is 1.89 bits per heavy atom. The van der Waals surface area contributed by atoms with E-state index in [4.69, 9.17) is 47.2 Å². The zero-order chi connectivity index (χ0) is 64.6. The summed E-state index contributed by atoms with van der Waals surface area (Å²) in [5.74, 6) is -3.76. The van der Waals surface area contributed by atoms with Gasteiger partial charge in [-0.3, -0.25) is 58.1 Å². The van der Waals surface area contributed by atoms with E-state index < -0.39 is 47.1 Å². The molecule has 2 aromatic heterocycles. The highest BCUT2D eigenvalue weighted by molar-refractivity contribution is 6.34. The first-order valence-electron chi connectivity index (χ1n) is 29.4. The number of ether oxygens (including phenoxy) is 4. The average Bonchev–Trinajstić information content (AvgIpc) is 1.76. The van der Waals surface area contributed by atoms with Crippen LogP contribution in [0.15, 0.2) is 48.8 Å². The van der Waals surface area contributed by atoms with Crippen molar-refractivity contribution in [2.75, 3.05) is 124 Å². The summed E-state index contributed by atoms with van der Waals surface area (Å²) in [6.45, 7) is 11.4. The van der Waals surface area contributed by atoms with E-state index in [-0.39, 0.29) is 141 Å². The molecule has 0 spiro atoms. The molecule has 4 aromatic rings. The number of amides is 5. The summed E-state index contributed by atoms with van der Waals surface area (Å²) in [5, 5.41) is 45.5. The van der Waals surface area contributed by atoms with Crippen molar-refractivity contribution in [3.63, 3.8) is 0 Å². The van der Waals surface area contributed by atoms with Gasteiger partial charge in [-0.15, -0.1) is 0 Å². The Morgan fingerprint density at radius 1 is 0.719 bits per heavy atom. The van der Waals surface area contributed by atoms with Crippen LogP contribution in [-0.2, 0) is 44.8 Å². The monoisotopic (exact) mass is 1280 g/mol. The molecule has 2 aromatic carbocycles. The van der Waals surface area contributed by atoms with E-state index in [0.717, 1.165) is 0 Å². The van der Waals surface area contributed by atoms with Gasteiger partial charge in [0.25, 0.3) is 5.91 Å². The van der Waals surface area contributed by atoms with E-state index in [1.807, 2.05) is 24.8 Å². The molecule has 484 valence electrons. The molecule has 3 aliphatic rings. The van der Waals surface area contributed by atoms with Crippen molar-refractivity contribution in [3.05, 3.63) is 70.1 Å². The molecule has 7 N–H and O–H groups in total. The van der Waals surface area contributed by atoms with Crippen LogP contribution < -0.4 is 30.7 Å². The minimum atomic E-state index is -1.06. The lowest BCUT2D eigenvalue weighted by atomic mass is 9.95. The number of aromatic nitrogens is 3. The zero-order valence-electron chi connectivity index (χ0n) is 51.0. The number of carboxylic acid groups (broad SMARTS) is 3. The quantitative estimate of drug-likeness (QED) is 0.0473. The van der Waals surface area contributed by atoms with E-state index in [1.54, 1.807) is 81.6 Å². The number of nitrogens with one attached hydrogen (secondary N) is 4. The molecule has 2 fully saturated rings. The summed E-state index contributed by atoms with van der Waals surface area (Å²) >= 11 is 13.1. The molecule has 5 amide bonds. The molecule has 89 heavy (non-hydrogen) atoms. The highest BCUT2D eigenvalue weighted by Gasteiger charge is 2.40. The number of anilines is 1. The van der Waals surface area contributed by atoms with Crippen molar-refractivity contribution in [1.82, 2.24) is 55.2 Å². The van der Waals surface area contributed by atoms with Crippen LogP contribution in [0.2, 0.25) is 10.0 Å². The molecule has 27 nitrogen and oxygen atoms in total. The summed E-state index contributed by atoms with van der Waals surface area (Å²) in [5.41, 5.74) is 2.52. The molecule has 0 bridgehead atoms. The molecule has 1 atom stereocenters. The molecule has 3 aliphatic heterocycles. The van der Waals surface area contributed by atoms with Crippen molar-refractivity contribution in [2.45, 2.75) is 90.5 Å². The van der Waals surface area contributed by atoms with Gasteiger partial charge in [-0.25, -0.2) is 9.48 Å². The van der Waals surface area contributed by atoms with Gasteiger partial charge < -0.3 is 60.4 Å². The number of pyridine rings is 1. The number of unbranched alkanes of at least 4 members (excludes halogenated alkanes) is 1. The Kier molecular flexibility index (Phi) is 24.5. The van der Waals surface area contributed by atoms with Gasteiger partial charge in [-0.05, 0) is 90.6 Å². The number of morpholine rings is 1. The number of aliphatic carboxylic acids is 3. The van der Waals surface area contributed by atoms with Crippen LogP contribution in [0, 0.1) is 0 Å². The Hall–Kier alpha value is -7.66. The molecule has 7 rings (SSSR count). The van der Waals surface area contributed by atoms with Crippen molar-refractivity contribution in [3.8, 4) is 39.6 Å². The van der Waals surface area contributed by atoms with Crippen molar-refractivity contribution < 1.29 is 72.6 Å². The van der Waals surface area contributed by atoms with E-state index in [9.17, 15) is 53.7 Å². The Morgan fingerprint density at radius 2 is 1.31 bits per heavy atom. The van der Waals surface area contributed by atoms with E-state index in [1.165, 1.54) is 13.3 Å². The fourth-order valence-corrected chi connectivity index (χ4v) is 11.1. The maximum Gasteiger partial charge on any atom is 0.408 e. The number of rotatable bonds is 24. The largest absolute Gasteiger partial charge is 0.496 e. The number of carboxylic acids is 3. The molecular formula is C60H80Cl2N12O15. The van der Waals surface area contributed by atoms with Gasteiger partial charge in [0, 0.05) is 123 Å². The predicted octanol–water partition coefficient (Wildman–Crippen LogP) is 4.55. The van der Waals surface area contributed by atoms with Crippen molar-refractivity contribution in [1.29, 1.82) is 0 Å². The third-order valence-corrected chi connectivity index (χ3v) is 15.4. The third-order valence-electron chi connectivity index (χ3n) is 14.9. The number of carbonyl (C=O) groups excluding carboxylic acids is 5. The number of benzene rings is 2. The smallest absolute Gasteiger partial charge is 0.408 e. The second-order valence-corrected chi connectivity index (χ2v) is 24.5. The lowest BCUT2D eigenvalue weighted by Gasteiger charge is -2.41. The number of carbonyl (C=O) groups is 8. The lowest BCUT2D eigenvalue weighted by Crippen LogP contribution is -2.55. The molecule has 0 saturated carbocycles. The van der Waals surface area contributed by atoms with Gasteiger partial charge in [-0.1, -0.05) is 23.2 Å². The molecule has 0 radical (unpaired) electrons. The number of nitrogens with zero attached hydrogens (tertiary/aromatic N) is 8. The maximum absolute atomic E-state index is 14.5. The lowest BCUT2D eigenvalue weighted by molar-refractivity contribution is -0.140. The zero-order valence-corrected chi connectivity index (χ0v) is 52.5. The van der Waals surface area contributed by atoms with Crippen LogP contribution >= 0.6 is 23.2 Å². The minimum absolute atomic E-state index is 0.00277. The number of alkyl carbamates (subject to hydrolysis) is 1. The van der Waals surface area contributed by atoms with Crippen LogP contribution in [0.25, 0.3) is 28.1 Å². The van der Waals surface area contributed by atoms with Gasteiger partial charge in [-0.2, -0.15) is 5.10 Å². The first-order chi connectivity index (χ1) is 42.2. The van der Waals surface area contributed by atoms with Gasteiger partial charge in [0.15, 0.2) is 5.69 Å². The van der Waals surface area contributed by atoms with Crippen LogP contribution in [-0.4, -0.2) is 238 Å². The Balaban J connectivity index is 0.950. The normalized spacial score (nSPS) is 16.4. The van der Waals surface area contributed by atoms with Crippen molar-refractivity contribution >= 4 is 76.5 Å². The SMILES string of the molecule is COc1cc2c(cc1-c1cncc(NC(=O)CCCNC(=O)[C@@H](CCCCNC(=O)CN3CCN(CC(=O)O)CCN(CC(=O)O)CCN(CC(=O)O)CC3)NC(=O)OC(C)(C)C)c1)-c1c(c(C(=O)N3CCOCC3(C)C)nn1-c1cc(Cl)cc(Cl)c1)CO2. The fraction of sp³-hybridized carbons (Fsp3) is 0.533. The molecule has 0 aliphatic carbocycles. The number of halogens is 2. The summed E-state index contributed by atoms with van der Waals surface area (Å²) in [6.07, 6.45) is 3.54. The van der Waals surface area contributed by atoms with Crippen molar-refractivity contribution in [2.24, 2.45) is 0 Å². The molecule has 2 saturated heterocycles. The summed E-state index contributed by atoms with van der Waals surface area (Å²) in [4.78, 5) is 116. The van der Waals surface area contributed by atoms with E-state index in [2.05, 4.69) is 26.3 Å². The molecular weight excluding hydrogens is 1200 g/mol. The average molecular weight is 1280 g/mol. The second-order valence-electron chi connectivity index (χ2n) is 23.6. The fourth-order valence-electron chi connectivity index (χ4n) is 10.6. The van der Waals surface area contributed by atoms with Gasteiger partial charge in [0.2, 0.25) is 17.7 Å². The van der Waals surface area contributed by atoms with E-state index in [0.29, 0.717) is 93.5 Å². The number of fused-ring (bicyclic) bond motifs is 3. The molecule has 0 unspecified atom stereocenters. The van der Waals surface area contributed by atoms with Gasteiger partial charge >= 0.3 is 24.0 Å². The van der Waals surface area contributed by atoms with E-state index >= 15 is 0 Å². The second kappa shape index (κ2) is 31.7. The van der Waals surface area contributed by atoms with Crippen LogP contribution in [0.3, 0.4) is 0 Å². The van der Waals surface area contributed by atoms with Crippen LogP contribution in [0.4, 0.5) is 10.5 Å². The number of hydrogen-bond acceptors (Lipinski definition) is 18. The highest BCUT2D eigenvalue weighted by atomic mass is 35.5. The van der Waals surface area contributed by atoms with Crippen LogP contribution in [0.1, 0.15) is 82.8 Å². The number of methoxy groups -OCH3 is 1. The topological polar surface area (TPSA) is 329 Å². The summed E-state index contributed by atoms with van der Waals surface area (Å²) < 4.78 is 25.0. The summed E-state index contributed by atoms with van der Waals surface area (Å²) in [7, 11) is 1.52. The standard InChI is InChI=1S/C60H80Cl2N12O15/c1-59(2,3)89-58(85)67-46(10-7-8-12-64-50(76)32-69-14-16-70(33-51(77)78)18-20-72(35-53(81)82)21-19-71(17-15-69)34-52(79)80)56(83)65-13-9-11-49(75)66-41-24-38(30-63-31-41)43-28-44-48(29-47(43)86-6)88-36-45-54(57(84)73-22-23-87-37-60(73,4)5)68-74(55(44)45)42-26-39(61)25-40(62)27-42/h24-31,46H,7-23,32-37H2,1-6H3,(H,64,76)(H,65,83)(H,66,75)(H,67,85)(H,77,78)(H,79,80)(H,81,82)/t46-/m1/s1. The van der Waals surface area contributed by atoms with Gasteiger partial charge in [0.05, 0.1) is 75.3 Å². The number of hydrogen-bond donors (Lipinski definition) is 7. The summed E-state index contributed by atoms with van der Waals surface area (Å²) in [6, 6.07) is 9.33. The maximum atomic E-state index is 14.5.